The minimum absolute atomic E-state index is 0.188. The van der Waals surface area contributed by atoms with Gasteiger partial charge >= 0.3 is 0 Å². The van der Waals surface area contributed by atoms with Crippen LogP contribution in [0.2, 0.25) is 5.28 Å². The van der Waals surface area contributed by atoms with E-state index < -0.39 is 0 Å². The summed E-state index contributed by atoms with van der Waals surface area (Å²) in [6, 6.07) is 0. The van der Waals surface area contributed by atoms with E-state index in [0.717, 1.165) is 13.0 Å². The number of nitrogens with one attached hydrogen (secondary N) is 1. The van der Waals surface area contributed by atoms with Crippen molar-refractivity contribution in [1.29, 1.82) is 0 Å². The summed E-state index contributed by atoms with van der Waals surface area (Å²) in [7, 11) is 5.32. The molecular weight excluding hydrogens is 230 g/mol. The molecule has 0 radical (unpaired) electrons. The maximum absolute atomic E-state index is 5.78. The van der Waals surface area contributed by atoms with E-state index in [9.17, 15) is 0 Å². The van der Waals surface area contributed by atoms with Gasteiger partial charge in [0, 0.05) is 34.4 Å². The molecule has 0 atom stereocenters. The fourth-order valence-corrected chi connectivity index (χ4v) is 1.32. The first-order valence-electron chi connectivity index (χ1n) is 4.96. The van der Waals surface area contributed by atoms with Gasteiger partial charge in [-0.1, -0.05) is 0 Å². The Morgan fingerprint density at radius 2 is 2.12 bits per heavy atom. The average Bonchev–Trinajstić information content (AvgIpc) is 2.28. The van der Waals surface area contributed by atoms with Crippen molar-refractivity contribution in [1.82, 2.24) is 15.0 Å². The molecule has 0 spiro atoms. The lowest BCUT2D eigenvalue weighted by atomic mass is 10.4. The molecular formula is C9H16ClN5O. The number of rotatable bonds is 6. The van der Waals surface area contributed by atoms with Gasteiger partial charge in [0.1, 0.15) is 0 Å². The van der Waals surface area contributed by atoms with Gasteiger partial charge in [-0.2, -0.15) is 15.0 Å². The molecule has 1 heterocycles. The highest BCUT2D eigenvalue weighted by Crippen LogP contribution is 2.12. The standard InChI is InChI=1S/C9H16ClN5O/c1-11-8-12-7(10)13-9(14-8)15(2)5-4-6-16-3/h4-6H2,1-3H3,(H,11,12,13,14). The van der Waals surface area contributed by atoms with E-state index in [2.05, 4.69) is 20.3 Å². The summed E-state index contributed by atoms with van der Waals surface area (Å²) in [6.45, 7) is 1.51. The summed E-state index contributed by atoms with van der Waals surface area (Å²) in [5.74, 6) is 1.02. The summed E-state index contributed by atoms with van der Waals surface area (Å²) >= 11 is 5.78. The Morgan fingerprint density at radius 3 is 2.75 bits per heavy atom. The zero-order valence-electron chi connectivity index (χ0n) is 9.70. The number of ether oxygens (including phenoxy) is 1. The zero-order chi connectivity index (χ0) is 12.0. The summed E-state index contributed by atoms with van der Waals surface area (Å²) in [5.41, 5.74) is 0. The third-order valence-electron chi connectivity index (χ3n) is 2.00. The summed E-state index contributed by atoms with van der Waals surface area (Å²) in [6.07, 6.45) is 0.908. The molecule has 7 heteroatoms. The fraction of sp³-hybridized carbons (Fsp3) is 0.667. The van der Waals surface area contributed by atoms with Crippen molar-refractivity contribution in [2.24, 2.45) is 0 Å². The molecule has 1 rings (SSSR count). The van der Waals surface area contributed by atoms with Crippen molar-refractivity contribution in [2.75, 3.05) is 44.6 Å². The van der Waals surface area contributed by atoms with Crippen molar-refractivity contribution in [3.63, 3.8) is 0 Å². The first-order valence-corrected chi connectivity index (χ1v) is 5.34. The summed E-state index contributed by atoms with van der Waals surface area (Å²) in [5, 5.41) is 3.02. The number of anilines is 2. The Labute approximate surface area is 100 Å². The molecule has 0 bridgehead atoms. The van der Waals surface area contributed by atoms with Gasteiger partial charge in [0.05, 0.1) is 0 Å². The number of nitrogens with zero attached hydrogens (tertiary/aromatic N) is 4. The van der Waals surface area contributed by atoms with E-state index in [1.54, 1.807) is 14.2 Å². The molecule has 0 amide bonds. The number of methoxy groups -OCH3 is 1. The van der Waals surface area contributed by atoms with Gasteiger partial charge in [0.2, 0.25) is 17.2 Å². The van der Waals surface area contributed by atoms with Crippen LogP contribution in [0.3, 0.4) is 0 Å². The topological polar surface area (TPSA) is 63.2 Å². The first kappa shape index (κ1) is 12.9. The molecule has 16 heavy (non-hydrogen) atoms. The predicted octanol–water partition coefficient (Wildman–Crippen LogP) is 1.04. The lowest BCUT2D eigenvalue weighted by molar-refractivity contribution is 0.196. The molecule has 90 valence electrons. The first-order chi connectivity index (χ1) is 7.67. The average molecular weight is 246 g/mol. The van der Waals surface area contributed by atoms with E-state index >= 15 is 0 Å². The van der Waals surface area contributed by atoms with Crippen LogP contribution in [0, 0.1) is 0 Å². The van der Waals surface area contributed by atoms with E-state index in [1.165, 1.54) is 0 Å². The van der Waals surface area contributed by atoms with Crippen molar-refractivity contribution >= 4 is 23.5 Å². The van der Waals surface area contributed by atoms with Crippen LogP contribution >= 0.6 is 11.6 Å². The Hall–Kier alpha value is -1.14. The monoisotopic (exact) mass is 245 g/mol. The van der Waals surface area contributed by atoms with Crippen LogP contribution in [-0.4, -0.2) is 49.3 Å². The highest BCUT2D eigenvalue weighted by atomic mass is 35.5. The predicted molar refractivity (Wildman–Crippen MR) is 64.1 cm³/mol. The van der Waals surface area contributed by atoms with Crippen LogP contribution in [0.5, 0.6) is 0 Å². The van der Waals surface area contributed by atoms with E-state index in [4.69, 9.17) is 16.3 Å². The highest BCUT2D eigenvalue weighted by molar-refractivity contribution is 6.28. The van der Waals surface area contributed by atoms with Crippen LogP contribution in [0.25, 0.3) is 0 Å². The second kappa shape index (κ2) is 6.44. The van der Waals surface area contributed by atoms with E-state index in [-0.39, 0.29) is 5.28 Å². The van der Waals surface area contributed by atoms with Crippen molar-refractivity contribution < 1.29 is 4.74 Å². The van der Waals surface area contributed by atoms with Crippen molar-refractivity contribution in [2.45, 2.75) is 6.42 Å². The Balaban J connectivity index is 2.66. The number of aromatic nitrogens is 3. The number of hydrogen-bond donors (Lipinski definition) is 1. The third kappa shape index (κ3) is 3.79. The normalized spacial score (nSPS) is 10.2. The second-order valence-electron chi connectivity index (χ2n) is 3.25. The molecule has 0 saturated carbocycles. The van der Waals surface area contributed by atoms with Crippen LogP contribution in [0.15, 0.2) is 0 Å². The zero-order valence-corrected chi connectivity index (χ0v) is 10.5. The van der Waals surface area contributed by atoms with Gasteiger partial charge in [-0.3, -0.25) is 0 Å². The molecule has 1 N–H and O–H groups in total. The lowest BCUT2D eigenvalue weighted by Crippen LogP contribution is -2.22. The highest BCUT2D eigenvalue weighted by Gasteiger charge is 2.08. The molecule has 0 fully saturated rings. The summed E-state index contributed by atoms with van der Waals surface area (Å²) < 4.78 is 4.98. The maximum Gasteiger partial charge on any atom is 0.231 e. The van der Waals surface area contributed by atoms with Crippen LogP contribution in [-0.2, 0) is 4.74 Å². The van der Waals surface area contributed by atoms with Crippen LogP contribution < -0.4 is 10.2 Å². The van der Waals surface area contributed by atoms with Crippen LogP contribution in [0.1, 0.15) is 6.42 Å². The molecule has 6 nitrogen and oxygen atoms in total. The van der Waals surface area contributed by atoms with Gasteiger partial charge in [-0.15, -0.1) is 0 Å². The van der Waals surface area contributed by atoms with E-state index in [0.29, 0.717) is 18.5 Å². The molecule has 0 aliphatic heterocycles. The largest absolute Gasteiger partial charge is 0.385 e. The van der Waals surface area contributed by atoms with Gasteiger partial charge < -0.3 is 15.0 Å². The molecule has 0 aromatic carbocycles. The van der Waals surface area contributed by atoms with E-state index in [1.807, 2.05) is 11.9 Å². The van der Waals surface area contributed by atoms with Crippen molar-refractivity contribution in [3.8, 4) is 0 Å². The second-order valence-corrected chi connectivity index (χ2v) is 3.58. The molecule has 0 aliphatic rings. The Kier molecular flexibility index (Phi) is 5.21. The molecule has 1 aromatic heterocycles. The number of halogens is 1. The maximum atomic E-state index is 5.78. The van der Waals surface area contributed by atoms with Crippen molar-refractivity contribution in [3.05, 3.63) is 5.28 Å². The Morgan fingerprint density at radius 1 is 1.38 bits per heavy atom. The molecule has 0 aliphatic carbocycles. The Bertz CT molecular complexity index is 336. The minimum Gasteiger partial charge on any atom is -0.385 e. The number of hydrogen-bond acceptors (Lipinski definition) is 6. The molecule has 0 unspecified atom stereocenters. The smallest absolute Gasteiger partial charge is 0.231 e. The summed E-state index contributed by atoms with van der Waals surface area (Å²) in [4.78, 5) is 14.1. The van der Waals surface area contributed by atoms with Gasteiger partial charge in [-0.25, -0.2) is 0 Å². The SMILES string of the molecule is CNc1nc(Cl)nc(N(C)CCCOC)n1. The molecule has 1 aromatic rings. The quantitative estimate of drug-likeness (QED) is 0.756. The lowest BCUT2D eigenvalue weighted by Gasteiger charge is -2.16. The molecule has 0 saturated heterocycles. The van der Waals surface area contributed by atoms with Gasteiger partial charge in [-0.05, 0) is 18.0 Å². The van der Waals surface area contributed by atoms with Gasteiger partial charge in [0.25, 0.3) is 0 Å². The third-order valence-corrected chi connectivity index (χ3v) is 2.17. The fourth-order valence-electron chi connectivity index (χ4n) is 1.17. The van der Waals surface area contributed by atoms with Crippen LogP contribution in [0.4, 0.5) is 11.9 Å². The van der Waals surface area contributed by atoms with Gasteiger partial charge in [0.15, 0.2) is 0 Å². The minimum atomic E-state index is 0.188.